The Hall–Kier alpha value is -1.78. The summed E-state index contributed by atoms with van der Waals surface area (Å²) in [6.45, 7) is 8.60. The normalized spacial score (nSPS) is 14.7. The van der Waals surface area contributed by atoms with E-state index in [1.807, 2.05) is 29.1 Å². The highest BCUT2D eigenvalue weighted by Crippen LogP contribution is 2.26. The highest BCUT2D eigenvalue weighted by atomic mass is 16.2. The van der Waals surface area contributed by atoms with Crippen LogP contribution in [0.4, 0.5) is 0 Å². The van der Waals surface area contributed by atoms with Gasteiger partial charge in [0.15, 0.2) is 0 Å². The molecule has 1 fully saturated rings. The fourth-order valence-corrected chi connectivity index (χ4v) is 3.86. The lowest BCUT2D eigenvalue weighted by atomic mass is 10.1. The van der Waals surface area contributed by atoms with Gasteiger partial charge in [-0.2, -0.15) is 0 Å². The molecular weight excluding hydrogens is 338 g/mol. The fourth-order valence-electron chi connectivity index (χ4n) is 3.86. The third-order valence-corrected chi connectivity index (χ3v) is 5.47. The summed E-state index contributed by atoms with van der Waals surface area (Å²) in [7, 11) is 2.00. The summed E-state index contributed by atoms with van der Waals surface area (Å²) in [6, 6.07) is 4.06. The standard InChI is InChI=1S/C22H37N3O2/c1-5-6-14-24(22(27)19-10-7-8-11-19)17-21(26)25(15-18(2)3)16-20-12-9-13-23(20)4/h9,12-13,18-19H,5-8,10-11,14-17H2,1-4H3. The zero-order valence-electron chi connectivity index (χ0n) is 17.6. The van der Waals surface area contributed by atoms with Gasteiger partial charge in [0, 0.05) is 37.9 Å². The van der Waals surface area contributed by atoms with E-state index in [4.69, 9.17) is 0 Å². The van der Waals surface area contributed by atoms with Crippen molar-refractivity contribution in [3.8, 4) is 0 Å². The molecular formula is C22H37N3O2. The predicted octanol–water partition coefficient (Wildman–Crippen LogP) is 3.83. The topological polar surface area (TPSA) is 45.6 Å². The van der Waals surface area contributed by atoms with Gasteiger partial charge in [-0.15, -0.1) is 0 Å². The molecule has 0 unspecified atom stereocenters. The molecule has 27 heavy (non-hydrogen) atoms. The Labute approximate surface area is 164 Å². The van der Waals surface area contributed by atoms with Crippen LogP contribution < -0.4 is 0 Å². The molecule has 0 bridgehead atoms. The lowest BCUT2D eigenvalue weighted by Gasteiger charge is -2.30. The number of carbonyl (C=O) groups excluding carboxylic acids is 2. The van der Waals surface area contributed by atoms with Crippen molar-refractivity contribution in [2.75, 3.05) is 19.6 Å². The van der Waals surface area contributed by atoms with E-state index in [-0.39, 0.29) is 24.3 Å². The van der Waals surface area contributed by atoms with Gasteiger partial charge in [0.2, 0.25) is 11.8 Å². The Morgan fingerprint density at radius 1 is 1.22 bits per heavy atom. The van der Waals surface area contributed by atoms with Gasteiger partial charge >= 0.3 is 0 Å². The van der Waals surface area contributed by atoms with Crippen molar-refractivity contribution in [2.24, 2.45) is 18.9 Å². The van der Waals surface area contributed by atoms with Gasteiger partial charge < -0.3 is 14.4 Å². The predicted molar refractivity (Wildman–Crippen MR) is 109 cm³/mol. The van der Waals surface area contributed by atoms with Crippen LogP contribution >= 0.6 is 0 Å². The van der Waals surface area contributed by atoms with Crippen LogP contribution in [0.25, 0.3) is 0 Å². The maximum Gasteiger partial charge on any atom is 0.242 e. The molecule has 0 atom stereocenters. The smallest absolute Gasteiger partial charge is 0.242 e. The van der Waals surface area contributed by atoms with Gasteiger partial charge in [-0.05, 0) is 37.3 Å². The van der Waals surface area contributed by atoms with Crippen LogP contribution in [0.3, 0.4) is 0 Å². The third kappa shape index (κ3) is 6.40. The van der Waals surface area contributed by atoms with E-state index < -0.39 is 0 Å². The SMILES string of the molecule is CCCCN(CC(=O)N(Cc1cccn1C)CC(C)C)C(=O)C1CCCC1. The molecule has 152 valence electrons. The van der Waals surface area contributed by atoms with Gasteiger partial charge in [-0.3, -0.25) is 9.59 Å². The van der Waals surface area contributed by atoms with Crippen LogP contribution in [0, 0.1) is 11.8 Å². The first kappa shape index (κ1) is 21.5. The zero-order valence-corrected chi connectivity index (χ0v) is 17.6. The molecule has 0 saturated heterocycles. The molecule has 1 aromatic heterocycles. The van der Waals surface area contributed by atoms with Crippen molar-refractivity contribution < 1.29 is 9.59 Å². The molecule has 1 aromatic rings. The van der Waals surface area contributed by atoms with Gasteiger partial charge in [-0.25, -0.2) is 0 Å². The van der Waals surface area contributed by atoms with Crippen LogP contribution in [0.2, 0.25) is 0 Å². The van der Waals surface area contributed by atoms with Crippen LogP contribution in [-0.4, -0.2) is 45.8 Å². The average Bonchev–Trinajstić information content (AvgIpc) is 3.29. The first-order valence-corrected chi connectivity index (χ1v) is 10.6. The fraction of sp³-hybridized carbons (Fsp3) is 0.727. The maximum atomic E-state index is 13.1. The Morgan fingerprint density at radius 3 is 2.48 bits per heavy atom. The quantitative estimate of drug-likeness (QED) is 0.624. The van der Waals surface area contributed by atoms with Gasteiger partial charge in [0.05, 0.1) is 13.1 Å². The van der Waals surface area contributed by atoms with E-state index in [1.165, 1.54) is 0 Å². The first-order chi connectivity index (χ1) is 12.9. The Morgan fingerprint density at radius 2 is 1.93 bits per heavy atom. The van der Waals surface area contributed by atoms with E-state index >= 15 is 0 Å². The summed E-state index contributed by atoms with van der Waals surface area (Å²) in [5.41, 5.74) is 1.12. The highest BCUT2D eigenvalue weighted by molar-refractivity contribution is 5.86. The second-order valence-electron chi connectivity index (χ2n) is 8.37. The second kappa shape index (κ2) is 10.5. The Bertz CT molecular complexity index is 602. The number of rotatable bonds is 10. The van der Waals surface area contributed by atoms with Gasteiger partial charge in [-0.1, -0.05) is 40.0 Å². The van der Waals surface area contributed by atoms with E-state index in [0.717, 1.165) is 44.2 Å². The Kier molecular flexibility index (Phi) is 8.39. The monoisotopic (exact) mass is 375 g/mol. The van der Waals surface area contributed by atoms with Gasteiger partial charge in [0.1, 0.15) is 0 Å². The average molecular weight is 376 g/mol. The summed E-state index contributed by atoms with van der Waals surface area (Å²) in [5.74, 6) is 0.773. The minimum absolute atomic E-state index is 0.0624. The third-order valence-electron chi connectivity index (χ3n) is 5.47. The van der Waals surface area contributed by atoms with E-state index in [2.05, 4.69) is 31.4 Å². The van der Waals surface area contributed by atoms with Crippen LogP contribution in [0.5, 0.6) is 0 Å². The molecule has 2 amide bonds. The molecule has 0 radical (unpaired) electrons. The van der Waals surface area contributed by atoms with Crippen molar-refractivity contribution in [3.05, 3.63) is 24.0 Å². The molecule has 1 heterocycles. The number of hydrogen-bond acceptors (Lipinski definition) is 2. The number of nitrogens with zero attached hydrogens (tertiary/aromatic N) is 3. The largest absolute Gasteiger partial charge is 0.353 e. The number of amides is 2. The summed E-state index contributed by atoms with van der Waals surface area (Å²) in [4.78, 5) is 29.8. The summed E-state index contributed by atoms with van der Waals surface area (Å²) >= 11 is 0. The van der Waals surface area contributed by atoms with Crippen molar-refractivity contribution >= 4 is 11.8 Å². The summed E-state index contributed by atoms with van der Waals surface area (Å²) in [6.07, 6.45) is 8.22. The minimum atomic E-state index is 0.0624. The van der Waals surface area contributed by atoms with Crippen LogP contribution in [-0.2, 0) is 23.2 Å². The van der Waals surface area contributed by atoms with E-state index in [9.17, 15) is 9.59 Å². The first-order valence-electron chi connectivity index (χ1n) is 10.6. The molecule has 1 saturated carbocycles. The number of aryl methyl sites for hydroxylation is 1. The van der Waals surface area contributed by atoms with Crippen molar-refractivity contribution in [1.29, 1.82) is 0 Å². The molecule has 2 rings (SSSR count). The molecule has 1 aliphatic rings. The molecule has 5 heteroatoms. The number of unbranched alkanes of at least 4 members (excludes halogenated alkanes) is 1. The van der Waals surface area contributed by atoms with Crippen molar-refractivity contribution in [2.45, 2.75) is 65.8 Å². The maximum absolute atomic E-state index is 13.1. The molecule has 5 nitrogen and oxygen atoms in total. The lowest BCUT2D eigenvalue weighted by Crippen LogP contribution is -2.45. The molecule has 0 aliphatic heterocycles. The second-order valence-corrected chi connectivity index (χ2v) is 8.37. The van der Waals surface area contributed by atoms with Crippen molar-refractivity contribution in [1.82, 2.24) is 14.4 Å². The highest BCUT2D eigenvalue weighted by Gasteiger charge is 2.29. The summed E-state index contributed by atoms with van der Waals surface area (Å²) in [5, 5.41) is 0. The molecule has 0 spiro atoms. The number of hydrogen-bond donors (Lipinski definition) is 0. The van der Waals surface area contributed by atoms with Crippen LogP contribution in [0.1, 0.15) is 65.0 Å². The Balaban J connectivity index is 2.07. The summed E-state index contributed by atoms with van der Waals surface area (Å²) < 4.78 is 2.05. The molecule has 0 aromatic carbocycles. The van der Waals surface area contributed by atoms with E-state index in [0.29, 0.717) is 25.6 Å². The number of carbonyl (C=O) groups is 2. The lowest BCUT2D eigenvalue weighted by molar-refractivity contribution is -0.143. The van der Waals surface area contributed by atoms with E-state index in [1.54, 1.807) is 0 Å². The minimum Gasteiger partial charge on any atom is -0.353 e. The molecule has 1 aliphatic carbocycles. The zero-order chi connectivity index (χ0) is 19.8. The van der Waals surface area contributed by atoms with Crippen molar-refractivity contribution in [3.63, 3.8) is 0 Å². The number of aromatic nitrogens is 1. The van der Waals surface area contributed by atoms with Crippen LogP contribution in [0.15, 0.2) is 18.3 Å². The van der Waals surface area contributed by atoms with Gasteiger partial charge in [0.25, 0.3) is 0 Å². The molecule has 0 N–H and O–H groups in total.